The lowest BCUT2D eigenvalue weighted by Crippen LogP contribution is -2.39. The molecule has 1 atom stereocenters. The van der Waals surface area contributed by atoms with Gasteiger partial charge in [-0.05, 0) is 18.2 Å². The van der Waals surface area contributed by atoms with Gasteiger partial charge in [-0.2, -0.15) is 11.8 Å². The molecule has 0 radical (unpaired) electrons. The summed E-state index contributed by atoms with van der Waals surface area (Å²) in [5.74, 6) is 0.953. The highest BCUT2D eigenvalue weighted by molar-refractivity contribution is 7.99. The van der Waals surface area contributed by atoms with Gasteiger partial charge in [-0.1, -0.05) is 0 Å². The fourth-order valence-electron chi connectivity index (χ4n) is 2.08. The average molecular weight is 311 g/mol. The number of anilines is 2. The summed E-state index contributed by atoms with van der Waals surface area (Å²) < 4.78 is 13.5. The minimum atomic E-state index is -0.534. The second kappa shape index (κ2) is 7.42. The van der Waals surface area contributed by atoms with E-state index >= 15 is 0 Å². The van der Waals surface area contributed by atoms with Gasteiger partial charge in [0, 0.05) is 43.1 Å². The predicted molar refractivity (Wildman–Crippen MR) is 83.1 cm³/mol. The van der Waals surface area contributed by atoms with Gasteiger partial charge in [-0.3, -0.25) is 9.59 Å². The van der Waals surface area contributed by atoms with Gasteiger partial charge in [0.05, 0.1) is 5.69 Å². The molecule has 2 rings (SSSR count). The lowest BCUT2D eigenvalue weighted by atomic mass is 10.2. The molecule has 1 aromatic rings. The average Bonchev–Trinajstić information content (AvgIpc) is 2.43. The third-order valence-corrected chi connectivity index (χ3v) is 4.12. The van der Waals surface area contributed by atoms with Crippen molar-refractivity contribution in [2.75, 3.05) is 28.7 Å². The van der Waals surface area contributed by atoms with Crippen LogP contribution >= 0.6 is 11.8 Å². The molecule has 1 heterocycles. The molecule has 3 N–H and O–H groups in total. The number of thioether (sulfide) groups is 1. The summed E-state index contributed by atoms with van der Waals surface area (Å²) in [6, 6.07) is 4.27. The van der Waals surface area contributed by atoms with Crippen LogP contribution in [0, 0.1) is 5.82 Å². The zero-order chi connectivity index (χ0) is 15.2. The smallest absolute Gasteiger partial charge is 0.225 e. The van der Waals surface area contributed by atoms with Crippen molar-refractivity contribution in [1.29, 1.82) is 0 Å². The molecule has 1 unspecified atom stereocenters. The summed E-state index contributed by atoms with van der Waals surface area (Å²) in [6.07, 6.45) is 0.375. The van der Waals surface area contributed by atoms with Gasteiger partial charge in [-0.15, -0.1) is 0 Å². The van der Waals surface area contributed by atoms with Gasteiger partial charge in [0.15, 0.2) is 0 Å². The summed E-state index contributed by atoms with van der Waals surface area (Å²) in [7, 11) is 0. The number of hydrogen-bond acceptors (Lipinski definition) is 4. The van der Waals surface area contributed by atoms with Gasteiger partial charge in [-0.25, -0.2) is 4.39 Å². The third-order valence-electron chi connectivity index (χ3n) is 2.99. The van der Waals surface area contributed by atoms with E-state index in [2.05, 4.69) is 16.0 Å². The van der Waals surface area contributed by atoms with Crippen molar-refractivity contribution in [1.82, 2.24) is 5.32 Å². The van der Waals surface area contributed by atoms with E-state index in [1.807, 2.05) is 11.8 Å². The van der Waals surface area contributed by atoms with Crippen LogP contribution in [0.1, 0.15) is 13.3 Å². The standard InChI is InChI=1S/C14H18FN3O2S/c1-9(19)17-13-6-10(2-3-12(13)15)18-14(20)7-11-8-21-5-4-16-11/h2-3,6,11,16H,4-5,7-8H2,1H3,(H,17,19)(H,18,20). The van der Waals surface area contributed by atoms with E-state index in [1.54, 1.807) is 0 Å². The summed E-state index contributed by atoms with van der Waals surface area (Å²) in [4.78, 5) is 22.9. The molecule has 0 aromatic heterocycles. The fourth-order valence-corrected chi connectivity index (χ4v) is 3.02. The van der Waals surface area contributed by atoms with Gasteiger partial charge in [0.2, 0.25) is 11.8 Å². The Balaban J connectivity index is 1.95. The number of rotatable bonds is 4. The molecule has 0 saturated carbocycles. The molecule has 0 aliphatic carbocycles. The zero-order valence-corrected chi connectivity index (χ0v) is 12.6. The van der Waals surface area contributed by atoms with E-state index < -0.39 is 5.82 Å². The topological polar surface area (TPSA) is 70.2 Å². The molecule has 0 spiro atoms. The Morgan fingerprint density at radius 3 is 2.90 bits per heavy atom. The Kier molecular flexibility index (Phi) is 5.58. The van der Waals surface area contributed by atoms with Crippen molar-refractivity contribution in [2.24, 2.45) is 0 Å². The monoisotopic (exact) mass is 311 g/mol. The largest absolute Gasteiger partial charge is 0.326 e. The SMILES string of the molecule is CC(=O)Nc1cc(NC(=O)CC2CSCCN2)ccc1F. The normalized spacial score (nSPS) is 18.1. The second-order valence-corrected chi connectivity index (χ2v) is 6.00. The van der Waals surface area contributed by atoms with Crippen molar-refractivity contribution in [3.05, 3.63) is 24.0 Å². The van der Waals surface area contributed by atoms with E-state index in [-0.39, 0.29) is 23.5 Å². The number of carbonyl (C=O) groups excluding carboxylic acids is 2. The minimum absolute atomic E-state index is 0.0617. The van der Waals surface area contributed by atoms with Gasteiger partial charge >= 0.3 is 0 Å². The van der Waals surface area contributed by atoms with Gasteiger partial charge < -0.3 is 16.0 Å². The van der Waals surface area contributed by atoms with Crippen molar-refractivity contribution >= 4 is 35.0 Å². The first kappa shape index (κ1) is 15.8. The molecule has 1 aliphatic heterocycles. The first-order valence-corrected chi connectivity index (χ1v) is 7.88. The van der Waals surface area contributed by atoms with E-state index in [0.29, 0.717) is 12.1 Å². The van der Waals surface area contributed by atoms with Crippen LogP contribution in [0.4, 0.5) is 15.8 Å². The lowest BCUT2D eigenvalue weighted by molar-refractivity contribution is -0.116. The van der Waals surface area contributed by atoms with E-state index in [0.717, 1.165) is 18.1 Å². The maximum absolute atomic E-state index is 13.5. The number of halogens is 1. The van der Waals surface area contributed by atoms with Crippen LogP contribution in [-0.4, -0.2) is 35.9 Å². The summed E-state index contributed by atoms with van der Waals surface area (Å²) >= 11 is 1.82. The van der Waals surface area contributed by atoms with Crippen LogP contribution in [0.15, 0.2) is 18.2 Å². The minimum Gasteiger partial charge on any atom is -0.326 e. The van der Waals surface area contributed by atoms with E-state index in [9.17, 15) is 14.0 Å². The molecule has 7 heteroatoms. The van der Waals surface area contributed by atoms with Crippen molar-refractivity contribution in [2.45, 2.75) is 19.4 Å². The molecule has 1 aliphatic rings. The highest BCUT2D eigenvalue weighted by Crippen LogP contribution is 2.20. The lowest BCUT2D eigenvalue weighted by Gasteiger charge is -2.22. The zero-order valence-electron chi connectivity index (χ0n) is 11.7. The van der Waals surface area contributed by atoms with Crippen LogP contribution in [0.2, 0.25) is 0 Å². The van der Waals surface area contributed by atoms with E-state index in [4.69, 9.17) is 0 Å². The summed E-state index contributed by atoms with van der Waals surface area (Å²) in [5, 5.41) is 8.39. The molecule has 2 amide bonds. The van der Waals surface area contributed by atoms with Gasteiger partial charge in [0.1, 0.15) is 5.82 Å². The van der Waals surface area contributed by atoms with Crippen LogP contribution in [0.5, 0.6) is 0 Å². The Morgan fingerprint density at radius 2 is 2.24 bits per heavy atom. The Labute approximate surface area is 127 Å². The van der Waals surface area contributed by atoms with Crippen molar-refractivity contribution in [3.63, 3.8) is 0 Å². The molecule has 0 bridgehead atoms. The van der Waals surface area contributed by atoms with Crippen LogP contribution in [-0.2, 0) is 9.59 Å². The molecule has 1 fully saturated rings. The molecule has 21 heavy (non-hydrogen) atoms. The Bertz CT molecular complexity index is 533. The molecular weight excluding hydrogens is 293 g/mol. The quantitative estimate of drug-likeness (QED) is 0.793. The van der Waals surface area contributed by atoms with Crippen molar-refractivity contribution < 1.29 is 14.0 Å². The molecule has 114 valence electrons. The number of benzene rings is 1. The molecular formula is C14H18FN3O2S. The number of hydrogen-bond donors (Lipinski definition) is 3. The first-order chi connectivity index (χ1) is 10.0. The van der Waals surface area contributed by atoms with Crippen LogP contribution < -0.4 is 16.0 Å². The molecule has 5 nitrogen and oxygen atoms in total. The van der Waals surface area contributed by atoms with Crippen LogP contribution in [0.25, 0.3) is 0 Å². The summed E-state index contributed by atoms with van der Waals surface area (Å²) in [6.45, 7) is 2.21. The van der Waals surface area contributed by atoms with E-state index in [1.165, 1.54) is 25.1 Å². The fraction of sp³-hybridized carbons (Fsp3) is 0.429. The predicted octanol–water partition coefficient (Wildman–Crippen LogP) is 1.82. The Morgan fingerprint density at radius 1 is 1.43 bits per heavy atom. The summed E-state index contributed by atoms with van der Waals surface area (Å²) in [5.41, 5.74) is 0.528. The molecule has 1 saturated heterocycles. The number of amides is 2. The van der Waals surface area contributed by atoms with Crippen LogP contribution in [0.3, 0.4) is 0 Å². The molecule has 1 aromatic carbocycles. The van der Waals surface area contributed by atoms with Crippen molar-refractivity contribution in [3.8, 4) is 0 Å². The highest BCUT2D eigenvalue weighted by Gasteiger charge is 2.17. The van der Waals surface area contributed by atoms with Gasteiger partial charge in [0.25, 0.3) is 0 Å². The highest BCUT2D eigenvalue weighted by atomic mass is 32.2. The number of nitrogens with one attached hydrogen (secondary N) is 3. The number of carbonyl (C=O) groups is 2. The second-order valence-electron chi connectivity index (χ2n) is 4.85. The third kappa shape index (κ3) is 5.02. The maximum Gasteiger partial charge on any atom is 0.225 e. The maximum atomic E-state index is 13.5. The first-order valence-electron chi connectivity index (χ1n) is 6.72. The Hall–Kier alpha value is -1.60.